The molecule has 108 valence electrons. The van der Waals surface area contributed by atoms with Gasteiger partial charge in [0, 0.05) is 17.5 Å². The molecule has 1 saturated heterocycles. The molecule has 0 spiro atoms. The molecule has 0 radical (unpaired) electrons. The maximum absolute atomic E-state index is 5.90. The molecule has 1 aromatic carbocycles. The second-order valence-corrected chi connectivity index (χ2v) is 5.58. The Morgan fingerprint density at radius 2 is 2.05 bits per heavy atom. The topological polar surface area (TPSA) is 38.5 Å². The summed E-state index contributed by atoms with van der Waals surface area (Å²) in [4.78, 5) is 2.51. The number of fused-ring (bicyclic) bond motifs is 1. The van der Waals surface area contributed by atoms with Crippen LogP contribution in [0.3, 0.4) is 0 Å². The van der Waals surface area contributed by atoms with Crippen molar-refractivity contribution in [1.29, 1.82) is 0 Å². The third-order valence-corrected chi connectivity index (χ3v) is 4.09. The Morgan fingerprint density at radius 1 is 1.25 bits per heavy atom. The van der Waals surface area contributed by atoms with E-state index in [2.05, 4.69) is 10.1 Å². The molecule has 1 fully saturated rings. The fourth-order valence-electron chi connectivity index (χ4n) is 2.87. The molecule has 1 aromatic heterocycles. The summed E-state index contributed by atoms with van der Waals surface area (Å²) in [6, 6.07) is 4.06. The summed E-state index contributed by atoms with van der Waals surface area (Å²) in [6.07, 6.45) is 3.77. The van der Waals surface area contributed by atoms with E-state index in [1.165, 1.54) is 25.9 Å². The number of likely N-dealkylation sites (tertiary alicyclic amines) is 1. The Balaban J connectivity index is 1.58. The number of aryl methyl sites for hydroxylation is 2. The van der Waals surface area contributed by atoms with E-state index in [-0.39, 0.29) is 0 Å². The van der Waals surface area contributed by atoms with Crippen LogP contribution in [0.25, 0.3) is 11.0 Å². The fourth-order valence-corrected chi connectivity index (χ4v) is 2.87. The maximum atomic E-state index is 5.90. The third kappa shape index (κ3) is 2.66. The Kier molecular flexibility index (Phi) is 3.92. The maximum Gasteiger partial charge on any atom is 0.173 e. The van der Waals surface area contributed by atoms with Gasteiger partial charge < -0.3 is 14.2 Å². The zero-order valence-electron chi connectivity index (χ0n) is 12.3. The Bertz CT molecular complexity index is 585. The molecule has 3 rings (SSSR count). The van der Waals surface area contributed by atoms with Crippen molar-refractivity contribution >= 4 is 11.0 Å². The zero-order valence-corrected chi connectivity index (χ0v) is 12.3. The van der Waals surface area contributed by atoms with Crippen molar-refractivity contribution in [3.8, 4) is 5.75 Å². The summed E-state index contributed by atoms with van der Waals surface area (Å²) in [5.41, 5.74) is 2.83. The third-order valence-electron chi connectivity index (χ3n) is 4.09. The van der Waals surface area contributed by atoms with Gasteiger partial charge in [0.15, 0.2) is 5.58 Å². The number of benzene rings is 1. The predicted octanol–water partition coefficient (Wildman–Crippen LogP) is 3.31. The SMILES string of the molecule is Cc1noc2c(C)c(OCCCN3CCCC3)ccc12. The molecule has 0 atom stereocenters. The van der Waals surface area contributed by atoms with Gasteiger partial charge >= 0.3 is 0 Å². The van der Waals surface area contributed by atoms with Crippen LogP contribution in [0.4, 0.5) is 0 Å². The van der Waals surface area contributed by atoms with Crippen molar-refractivity contribution in [1.82, 2.24) is 10.1 Å². The van der Waals surface area contributed by atoms with Crippen LogP contribution in [-0.2, 0) is 0 Å². The first-order chi connectivity index (χ1) is 9.75. The quantitative estimate of drug-likeness (QED) is 0.784. The summed E-state index contributed by atoms with van der Waals surface area (Å²) in [5.74, 6) is 0.912. The number of aromatic nitrogens is 1. The van der Waals surface area contributed by atoms with Gasteiger partial charge in [-0.1, -0.05) is 5.16 Å². The lowest BCUT2D eigenvalue weighted by Gasteiger charge is -2.15. The molecular weight excluding hydrogens is 252 g/mol. The molecule has 0 saturated carbocycles. The molecule has 4 nitrogen and oxygen atoms in total. The molecule has 2 heterocycles. The van der Waals surface area contributed by atoms with Crippen LogP contribution in [0.15, 0.2) is 16.7 Å². The van der Waals surface area contributed by atoms with Crippen molar-refractivity contribution in [3.05, 3.63) is 23.4 Å². The van der Waals surface area contributed by atoms with Crippen molar-refractivity contribution in [2.24, 2.45) is 0 Å². The Morgan fingerprint density at radius 3 is 2.85 bits per heavy atom. The largest absolute Gasteiger partial charge is 0.493 e. The van der Waals surface area contributed by atoms with Crippen molar-refractivity contribution < 1.29 is 9.26 Å². The van der Waals surface area contributed by atoms with Crippen LogP contribution in [0.2, 0.25) is 0 Å². The summed E-state index contributed by atoms with van der Waals surface area (Å²) < 4.78 is 11.3. The smallest absolute Gasteiger partial charge is 0.173 e. The van der Waals surface area contributed by atoms with Gasteiger partial charge in [0.1, 0.15) is 5.75 Å². The average molecular weight is 274 g/mol. The van der Waals surface area contributed by atoms with E-state index in [9.17, 15) is 0 Å². The van der Waals surface area contributed by atoms with Crippen LogP contribution in [0, 0.1) is 13.8 Å². The normalized spacial score (nSPS) is 16.1. The molecule has 1 aliphatic heterocycles. The monoisotopic (exact) mass is 274 g/mol. The highest BCUT2D eigenvalue weighted by Crippen LogP contribution is 2.29. The summed E-state index contributed by atoms with van der Waals surface area (Å²) >= 11 is 0. The fraction of sp³-hybridized carbons (Fsp3) is 0.562. The van der Waals surface area contributed by atoms with E-state index in [4.69, 9.17) is 9.26 Å². The summed E-state index contributed by atoms with van der Waals surface area (Å²) in [7, 11) is 0. The van der Waals surface area contributed by atoms with Crippen LogP contribution >= 0.6 is 0 Å². The van der Waals surface area contributed by atoms with E-state index in [0.717, 1.165) is 47.5 Å². The van der Waals surface area contributed by atoms with Crippen LogP contribution in [0.1, 0.15) is 30.5 Å². The van der Waals surface area contributed by atoms with Crippen molar-refractivity contribution in [2.75, 3.05) is 26.2 Å². The lowest BCUT2D eigenvalue weighted by Crippen LogP contribution is -2.21. The second kappa shape index (κ2) is 5.83. The lowest BCUT2D eigenvalue weighted by atomic mass is 10.1. The summed E-state index contributed by atoms with van der Waals surface area (Å²) in [5, 5.41) is 5.09. The van der Waals surface area contributed by atoms with Crippen LogP contribution in [0.5, 0.6) is 5.75 Å². The first kappa shape index (κ1) is 13.4. The number of hydrogen-bond donors (Lipinski definition) is 0. The van der Waals surface area contributed by atoms with E-state index in [1.54, 1.807) is 0 Å². The first-order valence-corrected chi connectivity index (χ1v) is 7.46. The van der Waals surface area contributed by atoms with Crippen molar-refractivity contribution in [2.45, 2.75) is 33.1 Å². The van der Waals surface area contributed by atoms with Gasteiger partial charge in [-0.3, -0.25) is 0 Å². The molecule has 1 aliphatic rings. The molecule has 0 N–H and O–H groups in total. The standard InChI is InChI=1S/C16H22N2O2/c1-12-15(7-6-14-13(2)17-20-16(12)14)19-11-5-10-18-8-3-4-9-18/h6-7H,3-5,8-11H2,1-2H3. The van der Waals surface area contributed by atoms with E-state index in [1.807, 2.05) is 26.0 Å². The first-order valence-electron chi connectivity index (χ1n) is 7.46. The average Bonchev–Trinajstić information content (AvgIpc) is 3.08. The molecule has 4 heteroatoms. The molecular formula is C16H22N2O2. The van der Waals surface area contributed by atoms with Crippen LogP contribution in [-0.4, -0.2) is 36.3 Å². The zero-order chi connectivity index (χ0) is 13.9. The van der Waals surface area contributed by atoms with Crippen LogP contribution < -0.4 is 4.74 Å². The predicted molar refractivity (Wildman–Crippen MR) is 79.3 cm³/mol. The van der Waals surface area contributed by atoms with Gasteiger partial charge in [-0.2, -0.15) is 0 Å². The second-order valence-electron chi connectivity index (χ2n) is 5.58. The van der Waals surface area contributed by atoms with Gasteiger partial charge in [-0.15, -0.1) is 0 Å². The summed E-state index contributed by atoms with van der Waals surface area (Å²) in [6.45, 7) is 8.40. The van der Waals surface area contributed by atoms with E-state index >= 15 is 0 Å². The Labute approximate surface area is 119 Å². The van der Waals surface area contributed by atoms with Gasteiger partial charge in [0.2, 0.25) is 0 Å². The molecule has 0 aliphatic carbocycles. The lowest BCUT2D eigenvalue weighted by molar-refractivity contribution is 0.262. The molecule has 0 unspecified atom stereocenters. The van der Waals surface area contributed by atoms with Gasteiger partial charge in [-0.05, 0) is 58.3 Å². The number of ether oxygens (including phenoxy) is 1. The van der Waals surface area contributed by atoms with E-state index < -0.39 is 0 Å². The number of hydrogen-bond acceptors (Lipinski definition) is 4. The number of rotatable bonds is 5. The molecule has 20 heavy (non-hydrogen) atoms. The minimum absolute atomic E-state index is 0.760. The molecule has 0 amide bonds. The van der Waals surface area contributed by atoms with Crippen molar-refractivity contribution in [3.63, 3.8) is 0 Å². The minimum atomic E-state index is 0.760. The molecule has 0 bridgehead atoms. The highest BCUT2D eigenvalue weighted by Gasteiger charge is 2.12. The minimum Gasteiger partial charge on any atom is -0.493 e. The molecule has 2 aromatic rings. The van der Waals surface area contributed by atoms with E-state index in [0.29, 0.717) is 0 Å². The highest BCUT2D eigenvalue weighted by atomic mass is 16.5. The van der Waals surface area contributed by atoms with Gasteiger partial charge in [-0.25, -0.2) is 0 Å². The van der Waals surface area contributed by atoms with Gasteiger partial charge in [0.25, 0.3) is 0 Å². The van der Waals surface area contributed by atoms with Gasteiger partial charge in [0.05, 0.1) is 12.3 Å². The highest BCUT2D eigenvalue weighted by molar-refractivity contribution is 5.84. The number of nitrogens with zero attached hydrogens (tertiary/aromatic N) is 2. The Hall–Kier alpha value is -1.55.